The van der Waals surface area contributed by atoms with Crippen molar-refractivity contribution in [3.63, 3.8) is 0 Å². The first-order chi connectivity index (χ1) is 8.32. The highest BCUT2D eigenvalue weighted by molar-refractivity contribution is 7.91. The standard InChI is InChI=1S/C11H19NO5S/c1-12-9(13)3-6-18(15,16)8-11(4-5-11)7-10(14)17-2/h3-8H2,1-2H3,(H,12,13). The van der Waals surface area contributed by atoms with Crippen LogP contribution in [0.15, 0.2) is 0 Å². The van der Waals surface area contributed by atoms with Gasteiger partial charge in [-0.05, 0) is 18.3 Å². The van der Waals surface area contributed by atoms with Crippen LogP contribution in [0.5, 0.6) is 0 Å². The van der Waals surface area contributed by atoms with E-state index in [0.717, 1.165) is 12.8 Å². The molecule has 104 valence electrons. The third-order valence-corrected chi connectivity index (χ3v) is 5.03. The van der Waals surface area contributed by atoms with Crippen molar-refractivity contribution in [2.75, 3.05) is 25.7 Å². The summed E-state index contributed by atoms with van der Waals surface area (Å²) in [6.07, 6.45) is 1.55. The smallest absolute Gasteiger partial charge is 0.306 e. The second-order valence-electron chi connectivity index (χ2n) is 4.77. The number of sulfone groups is 1. The second-order valence-corrected chi connectivity index (χ2v) is 6.95. The van der Waals surface area contributed by atoms with Gasteiger partial charge in [-0.25, -0.2) is 8.42 Å². The molecule has 0 saturated heterocycles. The van der Waals surface area contributed by atoms with Gasteiger partial charge in [-0.3, -0.25) is 9.59 Å². The average molecular weight is 277 g/mol. The van der Waals surface area contributed by atoms with Crippen LogP contribution in [-0.2, 0) is 24.2 Å². The van der Waals surface area contributed by atoms with Crippen molar-refractivity contribution >= 4 is 21.7 Å². The van der Waals surface area contributed by atoms with E-state index in [-0.39, 0.29) is 36.2 Å². The van der Waals surface area contributed by atoms with Crippen LogP contribution in [0.4, 0.5) is 0 Å². The van der Waals surface area contributed by atoms with Crippen LogP contribution in [0, 0.1) is 5.41 Å². The zero-order valence-corrected chi connectivity index (χ0v) is 11.5. The number of ether oxygens (including phenoxy) is 1. The highest BCUT2D eigenvalue weighted by atomic mass is 32.2. The van der Waals surface area contributed by atoms with E-state index in [1.54, 1.807) is 0 Å². The maximum Gasteiger partial charge on any atom is 0.306 e. The Morgan fingerprint density at radius 3 is 2.39 bits per heavy atom. The summed E-state index contributed by atoms with van der Waals surface area (Å²) in [7, 11) is -0.547. The monoisotopic (exact) mass is 277 g/mol. The van der Waals surface area contributed by atoms with E-state index in [9.17, 15) is 18.0 Å². The van der Waals surface area contributed by atoms with Crippen LogP contribution in [0.25, 0.3) is 0 Å². The Morgan fingerprint density at radius 2 is 1.94 bits per heavy atom. The lowest BCUT2D eigenvalue weighted by molar-refractivity contribution is -0.141. The zero-order valence-electron chi connectivity index (χ0n) is 10.7. The third-order valence-electron chi connectivity index (χ3n) is 3.15. The van der Waals surface area contributed by atoms with Crippen molar-refractivity contribution in [3.8, 4) is 0 Å². The summed E-state index contributed by atoms with van der Waals surface area (Å²) >= 11 is 0. The lowest BCUT2D eigenvalue weighted by Gasteiger charge is -2.13. The van der Waals surface area contributed by atoms with Crippen molar-refractivity contribution in [2.24, 2.45) is 5.41 Å². The molecule has 1 N–H and O–H groups in total. The topological polar surface area (TPSA) is 89.5 Å². The van der Waals surface area contributed by atoms with Crippen LogP contribution in [0.3, 0.4) is 0 Å². The van der Waals surface area contributed by atoms with Gasteiger partial charge in [0.2, 0.25) is 5.91 Å². The molecule has 0 aromatic rings. The van der Waals surface area contributed by atoms with Gasteiger partial charge in [0.05, 0.1) is 25.0 Å². The number of carbonyl (C=O) groups excluding carboxylic acids is 2. The van der Waals surface area contributed by atoms with Gasteiger partial charge in [0.1, 0.15) is 0 Å². The maximum atomic E-state index is 11.8. The van der Waals surface area contributed by atoms with Crippen molar-refractivity contribution in [1.82, 2.24) is 5.32 Å². The predicted molar refractivity (Wildman–Crippen MR) is 65.6 cm³/mol. The fourth-order valence-corrected chi connectivity index (χ4v) is 3.80. The normalized spacial score (nSPS) is 17.0. The highest BCUT2D eigenvalue weighted by Crippen LogP contribution is 2.50. The van der Waals surface area contributed by atoms with Crippen LogP contribution in [0.1, 0.15) is 25.7 Å². The largest absolute Gasteiger partial charge is 0.469 e. The predicted octanol–water partition coefficient (Wildman–Crippen LogP) is -0.119. The van der Waals surface area contributed by atoms with Gasteiger partial charge in [-0.2, -0.15) is 0 Å². The van der Waals surface area contributed by atoms with Gasteiger partial charge >= 0.3 is 5.97 Å². The van der Waals surface area contributed by atoms with Crippen molar-refractivity contribution < 1.29 is 22.7 Å². The Kier molecular flexibility index (Phi) is 4.72. The van der Waals surface area contributed by atoms with Gasteiger partial charge in [-0.1, -0.05) is 0 Å². The Labute approximate surface area is 107 Å². The Bertz CT molecular complexity index is 425. The molecule has 1 amide bonds. The minimum absolute atomic E-state index is 0.0346. The molecular formula is C11H19NO5S. The summed E-state index contributed by atoms with van der Waals surface area (Å²) in [5.41, 5.74) is -0.450. The molecule has 7 heteroatoms. The maximum absolute atomic E-state index is 11.8. The molecule has 1 rings (SSSR count). The van der Waals surface area contributed by atoms with Crippen molar-refractivity contribution in [2.45, 2.75) is 25.7 Å². The number of hydrogen-bond donors (Lipinski definition) is 1. The molecule has 6 nitrogen and oxygen atoms in total. The van der Waals surface area contributed by atoms with Gasteiger partial charge in [-0.15, -0.1) is 0 Å². The summed E-state index contributed by atoms with van der Waals surface area (Å²) in [5.74, 6) is -0.882. The number of methoxy groups -OCH3 is 1. The van der Waals surface area contributed by atoms with Crippen LogP contribution in [-0.4, -0.2) is 46.0 Å². The fraction of sp³-hybridized carbons (Fsp3) is 0.818. The van der Waals surface area contributed by atoms with Crippen LogP contribution < -0.4 is 5.32 Å². The minimum atomic E-state index is -3.30. The van der Waals surface area contributed by atoms with Crippen molar-refractivity contribution in [3.05, 3.63) is 0 Å². The Hall–Kier alpha value is -1.11. The number of rotatable bonds is 7. The average Bonchev–Trinajstić information content (AvgIpc) is 3.04. The number of carbonyl (C=O) groups is 2. The number of hydrogen-bond acceptors (Lipinski definition) is 5. The quantitative estimate of drug-likeness (QED) is 0.655. The molecule has 1 fully saturated rings. The summed E-state index contributed by atoms with van der Waals surface area (Å²) in [5, 5.41) is 2.38. The summed E-state index contributed by atoms with van der Waals surface area (Å²) in [6.45, 7) is 0. The molecule has 0 aromatic heterocycles. The van der Waals surface area contributed by atoms with Gasteiger partial charge in [0.15, 0.2) is 9.84 Å². The summed E-state index contributed by atoms with van der Waals surface area (Å²) in [6, 6.07) is 0. The molecule has 0 aliphatic heterocycles. The van der Waals surface area contributed by atoms with Gasteiger partial charge < -0.3 is 10.1 Å². The number of esters is 1. The molecule has 0 radical (unpaired) electrons. The number of nitrogens with one attached hydrogen (secondary N) is 1. The molecule has 0 atom stereocenters. The van der Waals surface area contributed by atoms with E-state index in [0.29, 0.717) is 0 Å². The summed E-state index contributed by atoms with van der Waals surface area (Å²) < 4.78 is 28.2. The Balaban J connectivity index is 2.50. The number of amides is 1. The SMILES string of the molecule is CNC(=O)CCS(=O)(=O)CC1(CC(=O)OC)CC1. The zero-order chi connectivity index (χ0) is 13.8. The molecule has 18 heavy (non-hydrogen) atoms. The van der Waals surface area contributed by atoms with Crippen LogP contribution in [0.2, 0.25) is 0 Å². The summed E-state index contributed by atoms with van der Waals surface area (Å²) in [4.78, 5) is 22.2. The molecule has 1 saturated carbocycles. The highest BCUT2D eigenvalue weighted by Gasteiger charge is 2.47. The molecule has 0 spiro atoms. The van der Waals surface area contributed by atoms with Crippen LogP contribution >= 0.6 is 0 Å². The lowest BCUT2D eigenvalue weighted by Crippen LogP contribution is -2.26. The first kappa shape index (κ1) is 14.9. The van der Waals surface area contributed by atoms with E-state index in [2.05, 4.69) is 10.1 Å². The molecule has 1 aliphatic carbocycles. The van der Waals surface area contributed by atoms with E-state index >= 15 is 0 Å². The lowest BCUT2D eigenvalue weighted by atomic mass is 10.1. The third kappa shape index (κ3) is 4.64. The molecule has 0 bridgehead atoms. The van der Waals surface area contributed by atoms with E-state index in [1.165, 1.54) is 14.2 Å². The van der Waals surface area contributed by atoms with Gasteiger partial charge in [0.25, 0.3) is 0 Å². The van der Waals surface area contributed by atoms with E-state index < -0.39 is 15.3 Å². The first-order valence-corrected chi connectivity index (χ1v) is 7.62. The first-order valence-electron chi connectivity index (χ1n) is 5.80. The Morgan fingerprint density at radius 1 is 1.33 bits per heavy atom. The second kappa shape index (κ2) is 5.69. The minimum Gasteiger partial charge on any atom is -0.469 e. The molecule has 0 unspecified atom stereocenters. The molecule has 0 heterocycles. The van der Waals surface area contributed by atoms with Gasteiger partial charge in [0, 0.05) is 13.5 Å². The van der Waals surface area contributed by atoms with E-state index in [4.69, 9.17) is 0 Å². The molecule has 1 aliphatic rings. The molecule has 0 aromatic carbocycles. The van der Waals surface area contributed by atoms with Crippen molar-refractivity contribution in [1.29, 1.82) is 0 Å². The van der Waals surface area contributed by atoms with E-state index in [1.807, 2.05) is 0 Å². The molecular weight excluding hydrogens is 258 g/mol. The fourth-order valence-electron chi connectivity index (χ4n) is 1.84.